The average Bonchev–Trinajstić information content (AvgIpc) is 3.46. The van der Waals surface area contributed by atoms with Crippen LogP contribution < -0.4 is 4.74 Å². The maximum absolute atomic E-state index is 13.1. The number of benzene rings is 1. The van der Waals surface area contributed by atoms with Crippen LogP contribution in [0.3, 0.4) is 0 Å². The summed E-state index contributed by atoms with van der Waals surface area (Å²) >= 11 is 0. The second-order valence-corrected chi connectivity index (χ2v) is 6.92. The van der Waals surface area contributed by atoms with Crippen molar-refractivity contribution in [3.8, 4) is 17.1 Å². The summed E-state index contributed by atoms with van der Waals surface area (Å²) in [5, 5.41) is 8.12. The van der Waals surface area contributed by atoms with Crippen molar-refractivity contribution in [2.45, 2.75) is 39.2 Å². The second-order valence-electron chi connectivity index (χ2n) is 6.92. The number of aryl methyl sites for hydroxylation is 2. The number of hydrogen-bond donors (Lipinski definition) is 0. The number of likely N-dealkylation sites (tertiary alicyclic amines) is 1. The summed E-state index contributed by atoms with van der Waals surface area (Å²) in [4.78, 5) is 15.0. The van der Waals surface area contributed by atoms with E-state index in [1.54, 1.807) is 13.2 Å². The van der Waals surface area contributed by atoms with Crippen molar-refractivity contribution in [3.63, 3.8) is 0 Å². The van der Waals surface area contributed by atoms with Gasteiger partial charge in [-0.15, -0.1) is 0 Å². The first kappa shape index (κ1) is 18.3. The standard InChI is InChI=1S/C21H23N3O4/c1-4-18-20(13(2)22-27-18)17-6-5-11-24(17)21(25)16-12-19(28-23-16)14-7-9-15(26-3)10-8-14/h7-10,12,17H,4-6,11H2,1-3H3/t17-/m0/s1. The molecule has 0 spiro atoms. The van der Waals surface area contributed by atoms with Crippen LogP contribution in [0.15, 0.2) is 39.4 Å². The van der Waals surface area contributed by atoms with E-state index in [9.17, 15) is 4.79 Å². The molecule has 2 aromatic heterocycles. The Morgan fingerprint density at radius 1 is 1.25 bits per heavy atom. The normalized spacial score (nSPS) is 16.5. The zero-order chi connectivity index (χ0) is 19.7. The van der Waals surface area contributed by atoms with E-state index >= 15 is 0 Å². The first-order chi connectivity index (χ1) is 13.6. The lowest BCUT2D eigenvalue weighted by atomic mass is 10.0. The van der Waals surface area contributed by atoms with Gasteiger partial charge in [-0.3, -0.25) is 4.79 Å². The van der Waals surface area contributed by atoms with Crippen LogP contribution in [0.1, 0.15) is 53.3 Å². The summed E-state index contributed by atoms with van der Waals surface area (Å²) in [6, 6.07) is 9.10. The molecule has 1 aliphatic heterocycles. The van der Waals surface area contributed by atoms with Crippen LogP contribution in [-0.2, 0) is 6.42 Å². The van der Waals surface area contributed by atoms with E-state index in [1.807, 2.05) is 43.0 Å². The third-order valence-corrected chi connectivity index (χ3v) is 5.25. The summed E-state index contributed by atoms with van der Waals surface area (Å²) in [6.07, 6.45) is 2.58. The molecule has 7 heteroatoms. The molecule has 1 amide bonds. The van der Waals surface area contributed by atoms with E-state index in [4.69, 9.17) is 13.8 Å². The Morgan fingerprint density at radius 3 is 2.75 bits per heavy atom. The van der Waals surface area contributed by atoms with Crippen LogP contribution in [-0.4, -0.2) is 34.8 Å². The van der Waals surface area contributed by atoms with Gasteiger partial charge in [0.2, 0.25) is 0 Å². The Labute approximate surface area is 163 Å². The van der Waals surface area contributed by atoms with Crippen LogP contribution in [0.25, 0.3) is 11.3 Å². The number of amides is 1. The molecular formula is C21H23N3O4. The van der Waals surface area contributed by atoms with Gasteiger partial charge in [-0.1, -0.05) is 17.2 Å². The minimum absolute atomic E-state index is 0.0326. The Kier molecular flexibility index (Phi) is 4.90. The van der Waals surface area contributed by atoms with Crippen molar-refractivity contribution in [1.29, 1.82) is 0 Å². The molecule has 3 heterocycles. The minimum atomic E-state index is -0.131. The average molecular weight is 381 g/mol. The monoisotopic (exact) mass is 381 g/mol. The lowest BCUT2D eigenvalue weighted by Gasteiger charge is -2.24. The first-order valence-electron chi connectivity index (χ1n) is 9.49. The van der Waals surface area contributed by atoms with E-state index in [0.29, 0.717) is 18.0 Å². The zero-order valence-corrected chi connectivity index (χ0v) is 16.3. The smallest absolute Gasteiger partial charge is 0.276 e. The molecule has 1 fully saturated rings. The summed E-state index contributed by atoms with van der Waals surface area (Å²) < 4.78 is 16.0. The third-order valence-electron chi connectivity index (χ3n) is 5.25. The molecule has 0 saturated carbocycles. The molecule has 1 aromatic carbocycles. The van der Waals surface area contributed by atoms with Gasteiger partial charge in [0.1, 0.15) is 11.5 Å². The Balaban J connectivity index is 1.58. The molecule has 28 heavy (non-hydrogen) atoms. The molecule has 7 nitrogen and oxygen atoms in total. The summed E-state index contributed by atoms with van der Waals surface area (Å²) in [7, 11) is 1.62. The molecule has 4 rings (SSSR count). The van der Waals surface area contributed by atoms with Crippen molar-refractivity contribution in [1.82, 2.24) is 15.2 Å². The fourth-order valence-electron chi connectivity index (χ4n) is 3.83. The minimum Gasteiger partial charge on any atom is -0.497 e. The number of carbonyl (C=O) groups is 1. The molecular weight excluding hydrogens is 358 g/mol. The number of methoxy groups -OCH3 is 1. The molecule has 1 atom stereocenters. The fraction of sp³-hybridized carbons (Fsp3) is 0.381. The van der Waals surface area contributed by atoms with Crippen LogP contribution in [0, 0.1) is 6.92 Å². The van der Waals surface area contributed by atoms with E-state index in [2.05, 4.69) is 10.3 Å². The third kappa shape index (κ3) is 3.17. The molecule has 1 aliphatic rings. The highest BCUT2D eigenvalue weighted by Gasteiger charge is 2.35. The number of carbonyl (C=O) groups excluding carboxylic acids is 1. The molecule has 0 bridgehead atoms. The van der Waals surface area contributed by atoms with Gasteiger partial charge < -0.3 is 18.7 Å². The molecule has 0 radical (unpaired) electrons. The number of rotatable bonds is 5. The lowest BCUT2D eigenvalue weighted by Crippen LogP contribution is -2.31. The largest absolute Gasteiger partial charge is 0.497 e. The Morgan fingerprint density at radius 2 is 2.04 bits per heavy atom. The highest BCUT2D eigenvalue weighted by Crippen LogP contribution is 2.37. The van der Waals surface area contributed by atoms with E-state index in [0.717, 1.165) is 47.6 Å². The number of aromatic nitrogens is 2. The maximum atomic E-state index is 13.1. The number of nitrogens with zero attached hydrogens (tertiary/aromatic N) is 3. The predicted octanol–water partition coefficient (Wildman–Crippen LogP) is 4.19. The second kappa shape index (κ2) is 7.50. The van der Waals surface area contributed by atoms with Gasteiger partial charge in [0.25, 0.3) is 5.91 Å². The lowest BCUT2D eigenvalue weighted by molar-refractivity contribution is 0.0724. The summed E-state index contributed by atoms with van der Waals surface area (Å²) in [5.41, 5.74) is 3.03. The van der Waals surface area contributed by atoms with Crippen LogP contribution in [0.5, 0.6) is 5.75 Å². The molecule has 0 aliphatic carbocycles. The zero-order valence-electron chi connectivity index (χ0n) is 16.3. The van der Waals surface area contributed by atoms with Gasteiger partial charge >= 0.3 is 0 Å². The fourth-order valence-corrected chi connectivity index (χ4v) is 3.83. The number of ether oxygens (including phenoxy) is 1. The van der Waals surface area contributed by atoms with Gasteiger partial charge in [-0.2, -0.15) is 0 Å². The molecule has 1 saturated heterocycles. The molecule has 0 N–H and O–H groups in total. The maximum Gasteiger partial charge on any atom is 0.276 e. The van der Waals surface area contributed by atoms with Gasteiger partial charge in [-0.25, -0.2) is 0 Å². The van der Waals surface area contributed by atoms with Crippen molar-refractivity contribution in [2.24, 2.45) is 0 Å². The SMILES string of the molecule is CCc1onc(C)c1[C@@H]1CCCN1C(=O)c1cc(-c2ccc(OC)cc2)on1. The van der Waals surface area contributed by atoms with Gasteiger partial charge in [0.05, 0.1) is 18.8 Å². The van der Waals surface area contributed by atoms with E-state index in [-0.39, 0.29) is 11.9 Å². The molecule has 146 valence electrons. The van der Waals surface area contributed by atoms with Crippen LogP contribution in [0.2, 0.25) is 0 Å². The Hall–Kier alpha value is -3.09. The molecule has 0 unspecified atom stereocenters. The van der Waals surface area contributed by atoms with E-state index < -0.39 is 0 Å². The first-order valence-corrected chi connectivity index (χ1v) is 9.49. The van der Waals surface area contributed by atoms with Crippen LogP contribution in [0.4, 0.5) is 0 Å². The Bertz CT molecular complexity index is 974. The number of hydrogen-bond acceptors (Lipinski definition) is 6. The predicted molar refractivity (Wildman–Crippen MR) is 102 cm³/mol. The van der Waals surface area contributed by atoms with Crippen molar-refractivity contribution >= 4 is 5.91 Å². The highest BCUT2D eigenvalue weighted by molar-refractivity contribution is 5.93. The highest BCUT2D eigenvalue weighted by atomic mass is 16.5. The van der Waals surface area contributed by atoms with Crippen LogP contribution >= 0.6 is 0 Å². The quantitative estimate of drug-likeness (QED) is 0.659. The summed E-state index contributed by atoms with van der Waals surface area (Å²) in [6.45, 7) is 4.64. The van der Waals surface area contributed by atoms with Crippen molar-refractivity contribution in [2.75, 3.05) is 13.7 Å². The van der Waals surface area contributed by atoms with Gasteiger partial charge in [-0.05, 0) is 44.0 Å². The molecule has 3 aromatic rings. The van der Waals surface area contributed by atoms with E-state index in [1.165, 1.54) is 0 Å². The van der Waals surface area contributed by atoms with Crippen molar-refractivity contribution in [3.05, 3.63) is 53.0 Å². The summed E-state index contributed by atoms with van der Waals surface area (Å²) in [5.74, 6) is 2.03. The van der Waals surface area contributed by atoms with Gasteiger partial charge in [0, 0.05) is 30.2 Å². The van der Waals surface area contributed by atoms with Crippen molar-refractivity contribution < 1.29 is 18.6 Å². The topological polar surface area (TPSA) is 81.6 Å². The van der Waals surface area contributed by atoms with Gasteiger partial charge in [0.15, 0.2) is 11.5 Å².